The van der Waals surface area contributed by atoms with Crippen molar-refractivity contribution >= 4 is 33.3 Å². The first-order valence-corrected chi connectivity index (χ1v) is 12.2. The van der Waals surface area contributed by atoms with E-state index < -0.39 is 32.2 Å². The van der Waals surface area contributed by atoms with Gasteiger partial charge in [0.2, 0.25) is 15.6 Å². The molecule has 3 rings (SSSR count). The van der Waals surface area contributed by atoms with Gasteiger partial charge in [-0.3, -0.25) is 4.79 Å². The molecule has 1 saturated heterocycles. The van der Waals surface area contributed by atoms with E-state index in [9.17, 15) is 22.8 Å². The summed E-state index contributed by atoms with van der Waals surface area (Å²) in [4.78, 5) is 38.6. The number of nitrogens with zero attached hydrogens (tertiary/aromatic N) is 1. The van der Waals surface area contributed by atoms with Gasteiger partial charge < -0.3 is 9.47 Å². The summed E-state index contributed by atoms with van der Waals surface area (Å²) in [6.07, 6.45) is 1.56. The highest BCUT2D eigenvalue weighted by atomic mass is 32.2. The molecule has 0 N–H and O–H groups in total. The van der Waals surface area contributed by atoms with Gasteiger partial charge >= 0.3 is 11.9 Å². The van der Waals surface area contributed by atoms with Crippen molar-refractivity contribution in [3.05, 3.63) is 42.0 Å². The number of allylic oxidation sites excluding steroid dienone is 2. The number of hydrogen-bond donors (Lipinski definition) is 0. The Hall–Kier alpha value is -2.52. The zero-order valence-electron chi connectivity index (χ0n) is 18.6. The zero-order valence-corrected chi connectivity index (χ0v) is 19.4. The SMILES string of the molecule is CCOC(=O)C1(C(=O)OCC)CCCN1S(=O)(=O)C1(C)CC(=O)C=C(c2ccccc2)C1. The summed E-state index contributed by atoms with van der Waals surface area (Å²) >= 11 is 0. The summed E-state index contributed by atoms with van der Waals surface area (Å²) in [5.74, 6) is -2.20. The van der Waals surface area contributed by atoms with Crippen LogP contribution in [0.25, 0.3) is 5.57 Å². The predicted octanol–water partition coefficient (Wildman–Crippen LogP) is 2.48. The van der Waals surface area contributed by atoms with Crippen molar-refractivity contribution in [1.29, 1.82) is 0 Å². The molecule has 0 saturated carbocycles. The molecule has 8 nitrogen and oxygen atoms in total. The van der Waals surface area contributed by atoms with E-state index in [0.717, 1.165) is 9.87 Å². The van der Waals surface area contributed by atoms with Crippen LogP contribution in [0, 0.1) is 0 Å². The molecule has 2 aliphatic rings. The van der Waals surface area contributed by atoms with Crippen molar-refractivity contribution in [2.75, 3.05) is 19.8 Å². The molecule has 1 aromatic carbocycles. The van der Waals surface area contributed by atoms with Crippen LogP contribution in [0.3, 0.4) is 0 Å². The van der Waals surface area contributed by atoms with Crippen LogP contribution in [0.2, 0.25) is 0 Å². The minimum absolute atomic E-state index is 0.00940. The number of carbonyl (C=O) groups excluding carboxylic acids is 3. The molecule has 9 heteroatoms. The van der Waals surface area contributed by atoms with Gasteiger partial charge in [0.05, 0.1) is 18.0 Å². The largest absolute Gasteiger partial charge is 0.464 e. The zero-order chi connectivity index (χ0) is 23.6. The maximum atomic E-state index is 14.0. The molecule has 1 aliphatic carbocycles. The summed E-state index contributed by atoms with van der Waals surface area (Å²) < 4.78 is 37.7. The van der Waals surface area contributed by atoms with Crippen molar-refractivity contribution < 1.29 is 32.3 Å². The predicted molar refractivity (Wildman–Crippen MR) is 118 cm³/mol. The Bertz CT molecular complexity index is 1010. The standard InChI is InChI=1S/C23H29NO7S/c1-4-30-20(26)23(21(27)31-5-2)12-9-13-24(23)32(28,29)22(3)15-18(14-19(25)16-22)17-10-7-6-8-11-17/h6-8,10-11,14H,4-5,9,12-13,15-16H2,1-3H3. The van der Waals surface area contributed by atoms with E-state index in [0.29, 0.717) is 12.0 Å². The van der Waals surface area contributed by atoms with E-state index in [1.54, 1.807) is 13.8 Å². The summed E-state index contributed by atoms with van der Waals surface area (Å²) in [5.41, 5.74) is -0.722. The number of esters is 2. The Kier molecular flexibility index (Phi) is 6.90. The van der Waals surface area contributed by atoms with Gasteiger partial charge in [-0.1, -0.05) is 30.3 Å². The molecule has 32 heavy (non-hydrogen) atoms. The van der Waals surface area contributed by atoms with E-state index >= 15 is 0 Å². The Balaban J connectivity index is 2.06. The molecule has 0 spiro atoms. The van der Waals surface area contributed by atoms with Crippen LogP contribution in [0.15, 0.2) is 36.4 Å². The first kappa shape index (κ1) is 24.1. The Morgan fingerprint density at radius 1 is 1.03 bits per heavy atom. The fraction of sp³-hybridized carbons (Fsp3) is 0.522. The second-order valence-corrected chi connectivity index (χ2v) is 10.7. The summed E-state index contributed by atoms with van der Waals surface area (Å²) in [6.45, 7) is 4.61. The van der Waals surface area contributed by atoms with Crippen molar-refractivity contribution in [3.8, 4) is 0 Å². The van der Waals surface area contributed by atoms with E-state index in [4.69, 9.17) is 9.47 Å². The number of rotatable bonds is 7. The molecular formula is C23H29NO7S. The van der Waals surface area contributed by atoms with E-state index in [1.165, 1.54) is 13.0 Å². The maximum Gasteiger partial charge on any atom is 0.339 e. The number of benzene rings is 1. The van der Waals surface area contributed by atoms with Crippen LogP contribution < -0.4 is 0 Å². The number of carbonyl (C=O) groups is 3. The summed E-state index contributed by atoms with van der Waals surface area (Å²) in [5, 5.41) is 0. The lowest BCUT2D eigenvalue weighted by molar-refractivity contribution is -0.169. The normalized spacial score (nSPS) is 23.5. The van der Waals surface area contributed by atoms with Crippen molar-refractivity contribution in [2.45, 2.75) is 56.7 Å². The number of sulfonamides is 1. The lowest BCUT2D eigenvalue weighted by atomic mass is 9.85. The Labute approximate surface area is 188 Å². The second-order valence-electron chi connectivity index (χ2n) is 8.29. The van der Waals surface area contributed by atoms with Crippen LogP contribution >= 0.6 is 0 Å². The highest BCUT2D eigenvalue weighted by molar-refractivity contribution is 7.90. The fourth-order valence-electron chi connectivity index (χ4n) is 4.53. The highest BCUT2D eigenvalue weighted by Gasteiger charge is 2.63. The van der Waals surface area contributed by atoms with Gasteiger partial charge in [-0.25, -0.2) is 18.0 Å². The van der Waals surface area contributed by atoms with E-state index in [-0.39, 0.29) is 44.8 Å². The molecule has 0 radical (unpaired) electrons. The van der Waals surface area contributed by atoms with Crippen LogP contribution in [-0.2, 0) is 33.9 Å². The molecule has 1 heterocycles. The molecule has 174 valence electrons. The topological polar surface area (TPSA) is 107 Å². The van der Waals surface area contributed by atoms with Gasteiger partial charge in [0.1, 0.15) is 0 Å². The minimum Gasteiger partial charge on any atom is -0.464 e. The van der Waals surface area contributed by atoms with Crippen molar-refractivity contribution in [3.63, 3.8) is 0 Å². The summed E-state index contributed by atoms with van der Waals surface area (Å²) in [6, 6.07) is 9.09. The molecule has 1 fully saturated rings. The number of ketones is 1. The van der Waals surface area contributed by atoms with E-state index in [1.807, 2.05) is 30.3 Å². The monoisotopic (exact) mass is 463 g/mol. The van der Waals surface area contributed by atoms with Gasteiger partial charge in [0.15, 0.2) is 5.78 Å². The number of hydrogen-bond acceptors (Lipinski definition) is 7. The third-order valence-electron chi connectivity index (χ3n) is 6.06. The van der Waals surface area contributed by atoms with Crippen LogP contribution in [0.1, 0.15) is 52.0 Å². The van der Waals surface area contributed by atoms with E-state index in [2.05, 4.69) is 0 Å². The van der Waals surface area contributed by atoms with Gasteiger partial charge in [-0.2, -0.15) is 4.31 Å². The quantitative estimate of drug-likeness (QED) is 0.452. The Morgan fingerprint density at radius 2 is 1.62 bits per heavy atom. The second kappa shape index (κ2) is 9.15. The molecule has 0 aromatic heterocycles. The molecule has 0 bridgehead atoms. The van der Waals surface area contributed by atoms with Crippen molar-refractivity contribution in [2.24, 2.45) is 0 Å². The lowest BCUT2D eigenvalue weighted by Gasteiger charge is -2.40. The van der Waals surface area contributed by atoms with Crippen molar-refractivity contribution in [1.82, 2.24) is 4.31 Å². The highest BCUT2D eigenvalue weighted by Crippen LogP contribution is 2.44. The van der Waals surface area contributed by atoms with Gasteiger partial charge in [0.25, 0.3) is 0 Å². The molecular weight excluding hydrogens is 434 g/mol. The number of ether oxygens (including phenoxy) is 2. The first-order chi connectivity index (χ1) is 15.1. The lowest BCUT2D eigenvalue weighted by Crippen LogP contribution is -2.63. The van der Waals surface area contributed by atoms with Gasteiger partial charge in [-0.15, -0.1) is 0 Å². The average molecular weight is 464 g/mol. The van der Waals surface area contributed by atoms with Crippen LogP contribution in [-0.4, -0.2) is 60.5 Å². The average Bonchev–Trinajstić information content (AvgIpc) is 3.21. The molecule has 1 aliphatic heterocycles. The third kappa shape index (κ3) is 3.99. The molecule has 1 atom stereocenters. The fourth-order valence-corrected chi connectivity index (χ4v) is 6.74. The summed E-state index contributed by atoms with van der Waals surface area (Å²) in [7, 11) is -4.30. The van der Waals surface area contributed by atoms with Crippen LogP contribution in [0.4, 0.5) is 0 Å². The Morgan fingerprint density at radius 3 is 2.19 bits per heavy atom. The first-order valence-electron chi connectivity index (χ1n) is 10.8. The molecule has 0 amide bonds. The van der Waals surface area contributed by atoms with Gasteiger partial charge in [-0.05, 0) is 57.2 Å². The van der Waals surface area contributed by atoms with Crippen LogP contribution in [0.5, 0.6) is 0 Å². The molecule has 1 unspecified atom stereocenters. The maximum absolute atomic E-state index is 14.0. The smallest absolute Gasteiger partial charge is 0.339 e. The van der Waals surface area contributed by atoms with Gasteiger partial charge in [0, 0.05) is 13.0 Å². The third-order valence-corrected chi connectivity index (χ3v) is 8.67. The molecule has 1 aromatic rings. The minimum atomic E-state index is -4.30.